The molecule has 0 spiro atoms. The van der Waals surface area contributed by atoms with E-state index >= 15 is 0 Å². The lowest BCUT2D eigenvalue weighted by atomic mass is 10.2. The fraction of sp³-hybridized carbons (Fsp3) is 0.217. The standard InChI is InChI=1S/C23H23FN2O4S/c1-14-5-9-19(10-6-14)31(29,30)22-16(3)11-17(4)26(23(22)28)13-21(27)25-18-8-7-15(2)20(24)12-18/h5-12H,13H2,1-4H3,(H,25,27). The number of aromatic nitrogens is 1. The first-order chi connectivity index (χ1) is 14.5. The van der Waals surface area contributed by atoms with Gasteiger partial charge in [0.05, 0.1) is 4.90 Å². The highest BCUT2D eigenvalue weighted by Crippen LogP contribution is 2.22. The minimum Gasteiger partial charge on any atom is -0.324 e. The second-order valence-electron chi connectivity index (χ2n) is 7.52. The molecule has 0 aliphatic heterocycles. The molecule has 0 aliphatic carbocycles. The average molecular weight is 443 g/mol. The quantitative estimate of drug-likeness (QED) is 0.653. The van der Waals surface area contributed by atoms with Crippen LogP contribution in [0, 0.1) is 33.5 Å². The van der Waals surface area contributed by atoms with Crippen LogP contribution in [-0.2, 0) is 21.2 Å². The van der Waals surface area contributed by atoms with Gasteiger partial charge < -0.3 is 9.88 Å². The zero-order chi connectivity index (χ0) is 22.9. The molecule has 0 bridgehead atoms. The van der Waals surface area contributed by atoms with E-state index in [-0.39, 0.29) is 15.5 Å². The maximum absolute atomic E-state index is 13.7. The molecule has 0 fully saturated rings. The summed E-state index contributed by atoms with van der Waals surface area (Å²) in [5.74, 6) is -1.04. The van der Waals surface area contributed by atoms with Gasteiger partial charge >= 0.3 is 0 Å². The number of sulfone groups is 1. The number of carbonyl (C=O) groups is 1. The first-order valence-corrected chi connectivity index (χ1v) is 11.1. The molecule has 3 rings (SSSR count). The van der Waals surface area contributed by atoms with Crippen LogP contribution in [-0.4, -0.2) is 18.9 Å². The van der Waals surface area contributed by atoms with Gasteiger partial charge in [0.25, 0.3) is 5.56 Å². The number of amides is 1. The number of aryl methyl sites for hydroxylation is 4. The molecule has 31 heavy (non-hydrogen) atoms. The Morgan fingerprint density at radius 3 is 2.23 bits per heavy atom. The Hall–Kier alpha value is -3.26. The summed E-state index contributed by atoms with van der Waals surface area (Å²) in [6.07, 6.45) is 0. The number of anilines is 1. The van der Waals surface area contributed by atoms with Crippen LogP contribution in [0.1, 0.15) is 22.4 Å². The van der Waals surface area contributed by atoms with Gasteiger partial charge in [0.1, 0.15) is 17.3 Å². The third-order valence-corrected chi connectivity index (χ3v) is 6.93. The molecular weight excluding hydrogens is 419 g/mol. The minimum absolute atomic E-state index is 0.00767. The van der Waals surface area contributed by atoms with Crippen LogP contribution < -0.4 is 10.9 Å². The van der Waals surface area contributed by atoms with Gasteiger partial charge in [0.15, 0.2) is 0 Å². The van der Waals surface area contributed by atoms with Crippen molar-refractivity contribution in [1.29, 1.82) is 0 Å². The third kappa shape index (κ3) is 4.59. The zero-order valence-electron chi connectivity index (χ0n) is 17.7. The van der Waals surface area contributed by atoms with E-state index in [4.69, 9.17) is 0 Å². The van der Waals surface area contributed by atoms with Crippen molar-refractivity contribution in [2.45, 2.75) is 44.0 Å². The number of hydrogen-bond acceptors (Lipinski definition) is 4. The van der Waals surface area contributed by atoms with Crippen LogP contribution in [0.25, 0.3) is 0 Å². The lowest BCUT2D eigenvalue weighted by Crippen LogP contribution is -2.33. The summed E-state index contributed by atoms with van der Waals surface area (Å²) in [4.78, 5) is 25.3. The van der Waals surface area contributed by atoms with E-state index < -0.39 is 33.7 Å². The molecule has 2 aromatic carbocycles. The highest BCUT2D eigenvalue weighted by Gasteiger charge is 2.26. The molecule has 6 nitrogen and oxygen atoms in total. The SMILES string of the molecule is Cc1ccc(S(=O)(=O)c2c(C)cc(C)n(CC(=O)Nc3ccc(C)c(F)c3)c2=O)cc1. The van der Waals surface area contributed by atoms with Crippen molar-refractivity contribution >= 4 is 21.4 Å². The molecule has 0 atom stereocenters. The molecule has 0 saturated carbocycles. The fourth-order valence-corrected chi connectivity index (χ4v) is 4.83. The molecule has 0 unspecified atom stereocenters. The molecule has 8 heteroatoms. The maximum atomic E-state index is 13.7. The van der Waals surface area contributed by atoms with Crippen LogP contribution in [0.4, 0.5) is 10.1 Å². The Kier molecular flexibility index (Phi) is 6.13. The van der Waals surface area contributed by atoms with Crippen molar-refractivity contribution in [2.75, 3.05) is 5.32 Å². The second kappa shape index (κ2) is 8.47. The van der Waals surface area contributed by atoms with Crippen molar-refractivity contribution in [3.8, 4) is 0 Å². The Morgan fingerprint density at radius 2 is 1.61 bits per heavy atom. The zero-order valence-corrected chi connectivity index (χ0v) is 18.5. The van der Waals surface area contributed by atoms with Gasteiger partial charge in [0, 0.05) is 11.4 Å². The van der Waals surface area contributed by atoms with Gasteiger partial charge in [-0.15, -0.1) is 0 Å². The number of halogens is 1. The molecule has 1 aromatic heterocycles. The number of nitrogens with one attached hydrogen (secondary N) is 1. The number of benzene rings is 2. The maximum Gasteiger partial charge on any atom is 0.270 e. The molecular formula is C23H23FN2O4S. The molecule has 1 amide bonds. The van der Waals surface area contributed by atoms with E-state index in [1.165, 1.54) is 24.3 Å². The summed E-state index contributed by atoms with van der Waals surface area (Å²) in [7, 11) is -4.08. The molecule has 162 valence electrons. The normalized spacial score (nSPS) is 11.4. The monoisotopic (exact) mass is 442 g/mol. The lowest BCUT2D eigenvalue weighted by molar-refractivity contribution is -0.116. The number of pyridine rings is 1. The highest BCUT2D eigenvalue weighted by atomic mass is 32.2. The number of carbonyl (C=O) groups excluding carboxylic acids is 1. The van der Waals surface area contributed by atoms with Gasteiger partial charge in [-0.05, 0) is 69.2 Å². The van der Waals surface area contributed by atoms with Gasteiger partial charge in [-0.2, -0.15) is 0 Å². The molecule has 0 radical (unpaired) electrons. The number of hydrogen-bond donors (Lipinski definition) is 1. The summed E-state index contributed by atoms with van der Waals surface area (Å²) in [6.45, 7) is 6.20. The van der Waals surface area contributed by atoms with E-state index in [0.717, 1.165) is 10.1 Å². The van der Waals surface area contributed by atoms with Crippen LogP contribution >= 0.6 is 0 Å². The topological polar surface area (TPSA) is 85.2 Å². The Bertz CT molecular complexity index is 1330. The van der Waals surface area contributed by atoms with Crippen LogP contribution in [0.5, 0.6) is 0 Å². The van der Waals surface area contributed by atoms with E-state index in [9.17, 15) is 22.4 Å². The van der Waals surface area contributed by atoms with E-state index in [2.05, 4.69) is 5.32 Å². The van der Waals surface area contributed by atoms with E-state index in [1.54, 1.807) is 45.0 Å². The molecule has 0 aliphatic rings. The molecule has 0 saturated heterocycles. The smallest absolute Gasteiger partial charge is 0.270 e. The van der Waals surface area contributed by atoms with Crippen LogP contribution in [0.3, 0.4) is 0 Å². The highest BCUT2D eigenvalue weighted by molar-refractivity contribution is 7.91. The predicted octanol–water partition coefficient (Wildman–Crippen LogP) is 3.69. The van der Waals surface area contributed by atoms with Crippen molar-refractivity contribution in [2.24, 2.45) is 0 Å². The summed E-state index contributed by atoms with van der Waals surface area (Å²) in [6, 6.07) is 12.0. The van der Waals surface area contributed by atoms with Gasteiger partial charge in [-0.1, -0.05) is 23.8 Å². The summed E-state index contributed by atoms with van der Waals surface area (Å²) in [5, 5.41) is 2.54. The summed E-state index contributed by atoms with van der Waals surface area (Å²) >= 11 is 0. The van der Waals surface area contributed by atoms with E-state index in [0.29, 0.717) is 16.8 Å². The Balaban J connectivity index is 1.98. The molecule has 1 heterocycles. The summed E-state index contributed by atoms with van der Waals surface area (Å²) < 4.78 is 41.1. The largest absolute Gasteiger partial charge is 0.324 e. The number of rotatable bonds is 5. The second-order valence-corrected chi connectivity index (χ2v) is 9.40. The van der Waals surface area contributed by atoms with Crippen LogP contribution in [0.15, 0.2) is 63.1 Å². The van der Waals surface area contributed by atoms with Crippen molar-refractivity contribution in [1.82, 2.24) is 4.57 Å². The Morgan fingerprint density at radius 1 is 0.968 bits per heavy atom. The van der Waals surface area contributed by atoms with Crippen molar-refractivity contribution in [3.05, 3.63) is 87.1 Å². The average Bonchev–Trinajstić information content (AvgIpc) is 2.68. The Labute approximate surface area is 180 Å². The minimum atomic E-state index is -4.08. The third-order valence-electron chi connectivity index (χ3n) is 5.01. The predicted molar refractivity (Wildman–Crippen MR) is 117 cm³/mol. The van der Waals surface area contributed by atoms with Gasteiger partial charge in [0.2, 0.25) is 15.7 Å². The number of nitrogens with zero attached hydrogens (tertiary/aromatic N) is 1. The van der Waals surface area contributed by atoms with Gasteiger partial charge in [-0.25, -0.2) is 12.8 Å². The first-order valence-electron chi connectivity index (χ1n) is 9.59. The molecule has 1 N–H and O–H groups in total. The van der Waals surface area contributed by atoms with Crippen molar-refractivity contribution in [3.63, 3.8) is 0 Å². The fourth-order valence-electron chi connectivity index (χ4n) is 3.28. The van der Waals surface area contributed by atoms with Crippen LogP contribution in [0.2, 0.25) is 0 Å². The first kappa shape index (κ1) is 22.4. The van der Waals surface area contributed by atoms with Gasteiger partial charge in [-0.3, -0.25) is 9.59 Å². The van der Waals surface area contributed by atoms with Crippen molar-refractivity contribution < 1.29 is 17.6 Å². The molecule has 3 aromatic rings. The summed E-state index contributed by atoms with van der Waals surface area (Å²) in [5.41, 5.74) is 1.55. The lowest BCUT2D eigenvalue weighted by Gasteiger charge is -2.15. The van der Waals surface area contributed by atoms with E-state index in [1.807, 2.05) is 6.92 Å².